The largest absolute Gasteiger partial charge is 0.294 e. The topological polar surface area (TPSA) is 17.1 Å². The van der Waals surface area contributed by atoms with Gasteiger partial charge in [-0.2, -0.15) is 0 Å². The zero-order chi connectivity index (χ0) is 10.0. The maximum atomic E-state index is 11.4. The van der Waals surface area contributed by atoms with Gasteiger partial charge in [0.2, 0.25) is 0 Å². The summed E-state index contributed by atoms with van der Waals surface area (Å²) in [6.07, 6.45) is 4.20. The van der Waals surface area contributed by atoms with Crippen molar-refractivity contribution in [3.8, 4) is 0 Å². The number of ketones is 1. The van der Waals surface area contributed by atoms with E-state index in [1.54, 1.807) is 6.08 Å². The maximum Gasteiger partial charge on any atom is 0.163 e. The van der Waals surface area contributed by atoms with E-state index < -0.39 is 0 Å². The van der Waals surface area contributed by atoms with Crippen molar-refractivity contribution in [1.29, 1.82) is 0 Å². The predicted molar refractivity (Wildman–Crippen MR) is 65.7 cm³/mol. The number of rotatable bonds is 2. The number of carbonyl (C=O) groups is 1. The average molecular weight is 324 g/mol. The Morgan fingerprint density at radius 2 is 2.31 bits per heavy atom. The van der Waals surface area contributed by atoms with Gasteiger partial charge >= 0.3 is 0 Å². The van der Waals surface area contributed by atoms with Gasteiger partial charge in [0.05, 0.1) is 4.83 Å². The van der Waals surface area contributed by atoms with Crippen LogP contribution in [-0.2, 0) is 4.79 Å². The summed E-state index contributed by atoms with van der Waals surface area (Å²) < 4.78 is 0.903. The summed E-state index contributed by atoms with van der Waals surface area (Å²) in [6, 6.07) is 0. The molecule has 70 valence electrons. The minimum atomic E-state index is -0.00706. The molecule has 1 atom stereocenters. The summed E-state index contributed by atoms with van der Waals surface area (Å²) in [5.41, 5.74) is 0.647. The fourth-order valence-corrected chi connectivity index (χ4v) is 2.65. The monoisotopic (exact) mass is 322 g/mol. The van der Waals surface area contributed by atoms with E-state index in [0.717, 1.165) is 4.48 Å². The van der Waals surface area contributed by atoms with Gasteiger partial charge in [-0.05, 0) is 6.08 Å². The Hall–Kier alpha value is 0.200. The summed E-state index contributed by atoms with van der Waals surface area (Å²) in [7, 11) is 0. The van der Waals surface area contributed by atoms with E-state index in [0.29, 0.717) is 16.9 Å². The van der Waals surface area contributed by atoms with E-state index >= 15 is 0 Å². The minimum Gasteiger partial charge on any atom is -0.294 e. The van der Waals surface area contributed by atoms with E-state index in [4.69, 9.17) is 12.2 Å². The third kappa shape index (κ3) is 2.58. The smallest absolute Gasteiger partial charge is 0.163 e. The molecule has 13 heavy (non-hydrogen) atoms. The van der Waals surface area contributed by atoms with Gasteiger partial charge in [0.25, 0.3) is 0 Å². The minimum absolute atomic E-state index is 0.00706. The molecule has 0 fully saturated rings. The highest BCUT2D eigenvalue weighted by molar-refractivity contribution is 9.12. The van der Waals surface area contributed by atoms with E-state index in [9.17, 15) is 4.79 Å². The zero-order valence-electron chi connectivity index (χ0n) is 7.01. The fraction of sp³-hybridized carbons (Fsp3) is 0.333. The van der Waals surface area contributed by atoms with Crippen LogP contribution in [0.1, 0.15) is 13.3 Å². The number of allylic oxidation sites excluding steroid dienone is 4. The van der Waals surface area contributed by atoms with Crippen LogP contribution in [0.2, 0.25) is 0 Å². The first-order valence-electron chi connectivity index (χ1n) is 3.86. The summed E-state index contributed by atoms with van der Waals surface area (Å²) >= 11 is 11.9. The highest BCUT2D eigenvalue weighted by atomic mass is 79.9. The normalized spacial score (nSPS) is 22.4. The predicted octanol–water partition coefficient (Wildman–Crippen LogP) is 3.32. The molecule has 1 nitrogen and oxygen atoms in total. The molecule has 0 aromatic carbocycles. The first kappa shape index (κ1) is 11.3. The highest BCUT2D eigenvalue weighted by Gasteiger charge is 2.21. The molecule has 1 unspecified atom stereocenters. The molecule has 0 bridgehead atoms. The van der Waals surface area contributed by atoms with Crippen molar-refractivity contribution in [3.05, 3.63) is 22.2 Å². The molecule has 0 amide bonds. The molecule has 0 saturated carbocycles. The van der Waals surface area contributed by atoms with Crippen LogP contribution in [0, 0.1) is 0 Å². The lowest BCUT2D eigenvalue weighted by atomic mass is 9.99. The summed E-state index contributed by atoms with van der Waals surface area (Å²) in [5.74, 6) is 0.0968. The quantitative estimate of drug-likeness (QED) is 0.573. The molecule has 0 aliphatic heterocycles. The van der Waals surface area contributed by atoms with Gasteiger partial charge in [0.15, 0.2) is 5.78 Å². The molecule has 0 spiro atoms. The van der Waals surface area contributed by atoms with E-state index in [1.165, 1.54) is 0 Å². The van der Waals surface area contributed by atoms with Crippen LogP contribution in [0.4, 0.5) is 0 Å². The van der Waals surface area contributed by atoms with Gasteiger partial charge < -0.3 is 0 Å². The van der Waals surface area contributed by atoms with Crippen molar-refractivity contribution in [1.82, 2.24) is 0 Å². The lowest BCUT2D eigenvalue weighted by molar-refractivity contribution is -0.114. The Bertz CT molecular complexity index is 318. The molecule has 0 N–H and O–H groups in total. The van der Waals surface area contributed by atoms with Gasteiger partial charge in [0.1, 0.15) is 0 Å². The number of halogens is 2. The highest BCUT2D eigenvalue weighted by Crippen LogP contribution is 2.25. The molecular formula is C9H8Br2OS. The Labute approximate surface area is 99.5 Å². The van der Waals surface area contributed by atoms with Crippen LogP contribution < -0.4 is 0 Å². The molecular weight excluding hydrogens is 316 g/mol. The fourth-order valence-electron chi connectivity index (χ4n) is 1.03. The van der Waals surface area contributed by atoms with Gasteiger partial charge in [0, 0.05) is 21.3 Å². The number of thiocarbonyl (C=S) groups is 1. The second-order valence-corrected chi connectivity index (χ2v) is 4.99. The SMILES string of the molecule is CCC(=O)C1=CC(Br)=CC(Br)C1=S. The Kier molecular flexibility index (Phi) is 4.01. The zero-order valence-corrected chi connectivity index (χ0v) is 11.0. The first-order chi connectivity index (χ1) is 6.06. The van der Waals surface area contributed by atoms with Crippen molar-refractivity contribution >= 4 is 54.7 Å². The van der Waals surface area contributed by atoms with Crippen LogP contribution in [0.15, 0.2) is 22.2 Å². The lowest BCUT2D eigenvalue weighted by Crippen LogP contribution is -2.20. The van der Waals surface area contributed by atoms with Crippen LogP contribution in [0.25, 0.3) is 0 Å². The van der Waals surface area contributed by atoms with Crippen LogP contribution in [0.3, 0.4) is 0 Å². The molecule has 1 aliphatic rings. The summed E-state index contributed by atoms with van der Waals surface area (Å²) in [6.45, 7) is 1.83. The standard InChI is InChI=1S/C9H8Br2OS/c1-2-8(12)6-3-5(10)4-7(11)9(6)13/h3-4,7H,2H2,1H3. The third-order valence-corrected chi connectivity index (χ3v) is 3.72. The van der Waals surface area contributed by atoms with E-state index in [2.05, 4.69) is 31.9 Å². The Morgan fingerprint density at radius 1 is 1.69 bits per heavy atom. The molecule has 0 aromatic heterocycles. The third-order valence-electron chi connectivity index (χ3n) is 1.73. The van der Waals surface area contributed by atoms with Gasteiger partial charge in [-0.25, -0.2) is 0 Å². The summed E-state index contributed by atoms with van der Waals surface area (Å²) in [4.78, 5) is 12.1. The lowest BCUT2D eigenvalue weighted by Gasteiger charge is -2.15. The molecule has 4 heteroatoms. The number of hydrogen-bond donors (Lipinski definition) is 0. The van der Waals surface area contributed by atoms with Crippen molar-refractivity contribution in [2.24, 2.45) is 0 Å². The van der Waals surface area contributed by atoms with Crippen LogP contribution in [0.5, 0.6) is 0 Å². The number of carbonyl (C=O) groups excluding carboxylic acids is 1. The van der Waals surface area contributed by atoms with E-state index in [-0.39, 0.29) is 10.6 Å². The maximum absolute atomic E-state index is 11.4. The molecule has 0 radical (unpaired) electrons. The molecule has 1 aliphatic carbocycles. The second-order valence-electron chi connectivity index (χ2n) is 2.65. The van der Waals surface area contributed by atoms with Crippen LogP contribution >= 0.6 is 44.1 Å². The first-order valence-corrected chi connectivity index (χ1v) is 5.98. The Morgan fingerprint density at radius 3 is 2.85 bits per heavy atom. The number of Topliss-reactive ketones (excluding diaryl/α,β-unsaturated/α-hetero) is 1. The average Bonchev–Trinajstić information content (AvgIpc) is 2.10. The number of hydrogen-bond acceptors (Lipinski definition) is 2. The van der Waals surface area contributed by atoms with Gasteiger partial charge in [-0.1, -0.05) is 57.1 Å². The Balaban J connectivity index is 3.02. The second kappa shape index (κ2) is 4.62. The molecule has 0 aromatic rings. The van der Waals surface area contributed by atoms with Crippen LogP contribution in [-0.4, -0.2) is 15.5 Å². The van der Waals surface area contributed by atoms with Crippen molar-refractivity contribution in [2.75, 3.05) is 0 Å². The van der Waals surface area contributed by atoms with Gasteiger partial charge in [-0.3, -0.25) is 4.79 Å². The molecule has 0 heterocycles. The van der Waals surface area contributed by atoms with Gasteiger partial charge in [-0.15, -0.1) is 0 Å². The van der Waals surface area contributed by atoms with Crippen molar-refractivity contribution in [3.63, 3.8) is 0 Å². The number of alkyl halides is 1. The summed E-state index contributed by atoms with van der Waals surface area (Å²) in [5, 5.41) is 0. The van der Waals surface area contributed by atoms with Crippen molar-refractivity contribution in [2.45, 2.75) is 18.2 Å². The van der Waals surface area contributed by atoms with Crippen molar-refractivity contribution < 1.29 is 4.79 Å². The van der Waals surface area contributed by atoms with E-state index in [1.807, 2.05) is 13.0 Å². The molecule has 1 rings (SSSR count). The molecule has 0 saturated heterocycles.